The molecular weight excluding hydrogens is 248 g/mol. The highest BCUT2D eigenvalue weighted by atomic mass is 35.5. The number of aryl methyl sites for hydroxylation is 1. The number of halogens is 1. The number of carboxylic acids is 1. The van der Waals surface area contributed by atoms with Gasteiger partial charge in [-0.1, -0.05) is 11.6 Å². The summed E-state index contributed by atoms with van der Waals surface area (Å²) >= 11 is 5.83. The first kappa shape index (κ1) is 11.5. The van der Waals surface area contributed by atoms with Crippen molar-refractivity contribution >= 4 is 34.4 Å². The van der Waals surface area contributed by atoms with Crippen LogP contribution in [-0.4, -0.2) is 15.6 Å². The van der Waals surface area contributed by atoms with Crippen LogP contribution in [0.2, 0.25) is 5.02 Å². The maximum atomic E-state index is 11.5. The summed E-state index contributed by atoms with van der Waals surface area (Å²) in [7, 11) is 0. The molecule has 1 aromatic heterocycles. The van der Waals surface area contributed by atoms with Crippen LogP contribution in [0.5, 0.6) is 0 Å². The van der Waals surface area contributed by atoms with Gasteiger partial charge in [0.25, 0.3) is 0 Å². The number of carbonyl (C=O) groups is 1. The maximum absolute atomic E-state index is 11.5. The van der Waals surface area contributed by atoms with Crippen LogP contribution in [0.4, 0.5) is 5.69 Å². The molecule has 1 aromatic carbocycles. The van der Waals surface area contributed by atoms with Crippen molar-refractivity contribution in [2.24, 2.45) is 0 Å². The third kappa shape index (κ3) is 2.12. The van der Waals surface area contributed by atoms with Gasteiger partial charge in [0, 0.05) is 12.6 Å². The largest absolute Gasteiger partial charge is 0.481 e. The molecule has 7 heteroatoms. The topological polar surface area (TPSA) is 98.5 Å². The van der Waals surface area contributed by atoms with Crippen LogP contribution in [0.25, 0.3) is 11.1 Å². The van der Waals surface area contributed by atoms with Gasteiger partial charge in [0.1, 0.15) is 0 Å². The van der Waals surface area contributed by atoms with Gasteiger partial charge in [0.2, 0.25) is 0 Å². The van der Waals surface area contributed by atoms with E-state index in [0.717, 1.165) is 0 Å². The van der Waals surface area contributed by atoms with Crippen LogP contribution in [-0.2, 0) is 11.3 Å². The fraction of sp³-hybridized carbons (Fsp3) is 0.200. The molecule has 0 saturated carbocycles. The Labute approximate surface area is 100 Å². The Balaban J connectivity index is 2.54. The Kier molecular flexibility index (Phi) is 2.81. The van der Waals surface area contributed by atoms with E-state index in [1.165, 1.54) is 16.7 Å². The molecular formula is C10H9ClN2O4. The van der Waals surface area contributed by atoms with Crippen molar-refractivity contribution < 1.29 is 14.3 Å². The van der Waals surface area contributed by atoms with Crippen molar-refractivity contribution in [2.45, 2.75) is 13.0 Å². The second kappa shape index (κ2) is 4.14. The number of nitrogen functional groups attached to an aromatic ring is 1. The van der Waals surface area contributed by atoms with Gasteiger partial charge in [-0.25, -0.2) is 4.79 Å². The Morgan fingerprint density at radius 1 is 1.53 bits per heavy atom. The van der Waals surface area contributed by atoms with Gasteiger partial charge >= 0.3 is 11.7 Å². The summed E-state index contributed by atoms with van der Waals surface area (Å²) in [5.41, 5.74) is 6.61. The standard InChI is InChI=1S/C10H9ClN2O4/c11-5-3-7-8(4-6(5)12)17-10(16)13(7)2-1-9(14)15/h3-4H,1-2,12H2,(H,14,15). The van der Waals surface area contributed by atoms with E-state index in [2.05, 4.69) is 0 Å². The molecule has 0 unspecified atom stereocenters. The molecule has 17 heavy (non-hydrogen) atoms. The molecule has 2 aromatic rings. The number of hydrogen-bond acceptors (Lipinski definition) is 4. The minimum atomic E-state index is -0.993. The molecule has 0 aliphatic carbocycles. The van der Waals surface area contributed by atoms with Crippen LogP contribution in [0.15, 0.2) is 21.3 Å². The lowest BCUT2D eigenvalue weighted by Gasteiger charge is -2.00. The number of benzene rings is 1. The fourth-order valence-electron chi connectivity index (χ4n) is 1.52. The molecule has 6 nitrogen and oxygen atoms in total. The first-order valence-corrected chi connectivity index (χ1v) is 5.17. The number of aliphatic carboxylic acids is 1. The maximum Gasteiger partial charge on any atom is 0.419 e. The van der Waals surface area contributed by atoms with Crippen molar-refractivity contribution in [2.75, 3.05) is 5.73 Å². The van der Waals surface area contributed by atoms with E-state index in [1.807, 2.05) is 0 Å². The van der Waals surface area contributed by atoms with Gasteiger partial charge in [-0.05, 0) is 6.07 Å². The molecule has 0 aliphatic heterocycles. The van der Waals surface area contributed by atoms with Crippen LogP contribution >= 0.6 is 11.6 Å². The SMILES string of the molecule is Nc1cc2oc(=O)n(CCC(=O)O)c2cc1Cl. The summed E-state index contributed by atoms with van der Waals surface area (Å²) in [6.07, 6.45) is -0.170. The molecule has 0 fully saturated rings. The third-order valence-corrected chi connectivity index (χ3v) is 2.66. The lowest BCUT2D eigenvalue weighted by Crippen LogP contribution is -2.16. The van der Waals surface area contributed by atoms with Gasteiger partial charge in [-0.15, -0.1) is 0 Å². The number of oxazole rings is 1. The molecule has 0 spiro atoms. The van der Waals surface area contributed by atoms with Gasteiger partial charge in [0.15, 0.2) is 5.58 Å². The lowest BCUT2D eigenvalue weighted by atomic mass is 10.3. The van der Waals surface area contributed by atoms with E-state index in [-0.39, 0.29) is 13.0 Å². The summed E-state index contributed by atoms with van der Waals surface area (Å²) in [5.74, 6) is -1.62. The Hall–Kier alpha value is -1.95. The van der Waals surface area contributed by atoms with E-state index in [4.69, 9.17) is 26.9 Å². The van der Waals surface area contributed by atoms with Crippen molar-refractivity contribution in [1.29, 1.82) is 0 Å². The minimum absolute atomic E-state index is 0.0292. The highest BCUT2D eigenvalue weighted by Gasteiger charge is 2.12. The van der Waals surface area contributed by atoms with Crippen molar-refractivity contribution in [1.82, 2.24) is 4.57 Å². The van der Waals surface area contributed by atoms with E-state index in [0.29, 0.717) is 21.8 Å². The molecule has 3 N–H and O–H groups in total. The molecule has 0 amide bonds. The average Bonchev–Trinajstić information content (AvgIpc) is 2.52. The molecule has 0 atom stereocenters. The molecule has 0 bridgehead atoms. The first-order chi connectivity index (χ1) is 7.99. The number of carboxylic acid groups (broad SMARTS) is 1. The first-order valence-electron chi connectivity index (χ1n) is 4.79. The predicted molar refractivity (Wildman–Crippen MR) is 62.1 cm³/mol. The zero-order valence-electron chi connectivity index (χ0n) is 8.64. The number of nitrogens with two attached hydrogens (primary N) is 1. The quantitative estimate of drug-likeness (QED) is 0.807. The van der Waals surface area contributed by atoms with Crippen molar-refractivity contribution in [3.8, 4) is 0 Å². The van der Waals surface area contributed by atoms with Gasteiger partial charge in [-0.3, -0.25) is 9.36 Å². The minimum Gasteiger partial charge on any atom is -0.481 e. The Morgan fingerprint density at radius 2 is 2.24 bits per heavy atom. The molecule has 2 rings (SSSR count). The van der Waals surface area contributed by atoms with Crippen LogP contribution in [0, 0.1) is 0 Å². The van der Waals surface area contributed by atoms with Crippen LogP contribution in [0.3, 0.4) is 0 Å². The Morgan fingerprint density at radius 3 is 2.88 bits per heavy atom. The van der Waals surface area contributed by atoms with Crippen molar-refractivity contribution in [3.05, 3.63) is 27.7 Å². The molecule has 0 radical (unpaired) electrons. The smallest absolute Gasteiger partial charge is 0.419 e. The van der Waals surface area contributed by atoms with E-state index in [1.54, 1.807) is 0 Å². The molecule has 0 saturated heterocycles. The van der Waals surface area contributed by atoms with Crippen molar-refractivity contribution in [3.63, 3.8) is 0 Å². The summed E-state index contributed by atoms with van der Waals surface area (Å²) in [5, 5.41) is 8.88. The zero-order valence-corrected chi connectivity index (χ0v) is 9.40. The van der Waals surface area contributed by atoms with E-state index in [9.17, 15) is 9.59 Å². The Bertz CT molecular complexity index is 644. The fourth-order valence-corrected chi connectivity index (χ4v) is 1.68. The normalized spacial score (nSPS) is 10.9. The second-order valence-corrected chi connectivity index (χ2v) is 3.91. The van der Waals surface area contributed by atoms with Gasteiger partial charge < -0.3 is 15.3 Å². The highest BCUT2D eigenvalue weighted by Crippen LogP contribution is 2.25. The molecule has 1 heterocycles. The van der Waals surface area contributed by atoms with Crippen LogP contribution < -0.4 is 11.5 Å². The molecule has 0 aliphatic rings. The third-order valence-electron chi connectivity index (χ3n) is 2.34. The van der Waals surface area contributed by atoms with E-state index >= 15 is 0 Å². The summed E-state index contributed by atoms with van der Waals surface area (Å²) in [6.45, 7) is 0.0292. The summed E-state index contributed by atoms with van der Waals surface area (Å²) in [4.78, 5) is 22.0. The number of fused-ring (bicyclic) bond motifs is 1. The number of rotatable bonds is 3. The number of hydrogen-bond donors (Lipinski definition) is 2. The highest BCUT2D eigenvalue weighted by molar-refractivity contribution is 6.33. The lowest BCUT2D eigenvalue weighted by molar-refractivity contribution is -0.137. The summed E-state index contributed by atoms with van der Waals surface area (Å²) in [6, 6.07) is 2.93. The second-order valence-electron chi connectivity index (χ2n) is 3.50. The zero-order chi connectivity index (χ0) is 12.6. The predicted octanol–water partition coefficient (Wildman–Crippen LogP) is 1.30. The molecule has 90 valence electrons. The van der Waals surface area contributed by atoms with Crippen LogP contribution in [0.1, 0.15) is 6.42 Å². The van der Waals surface area contributed by atoms with Gasteiger partial charge in [-0.2, -0.15) is 0 Å². The number of anilines is 1. The average molecular weight is 257 g/mol. The number of aromatic nitrogens is 1. The monoisotopic (exact) mass is 256 g/mol. The summed E-state index contributed by atoms with van der Waals surface area (Å²) < 4.78 is 6.16. The number of nitrogens with zero attached hydrogens (tertiary/aromatic N) is 1. The van der Waals surface area contributed by atoms with Gasteiger partial charge in [0.05, 0.1) is 22.6 Å². The van der Waals surface area contributed by atoms with E-state index < -0.39 is 11.7 Å².